The average Bonchev–Trinajstić information content (AvgIpc) is 2.83. The second kappa shape index (κ2) is 3.35. The number of hydrogen-bond acceptors (Lipinski definition) is 4. The molecule has 2 aromatic heterocycles. The topological polar surface area (TPSA) is 46.3 Å². The molecule has 2 heterocycles. The zero-order valence-electron chi connectivity index (χ0n) is 8.60. The summed E-state index contributed by atoms with van der Waals surface area (Å²) in [6, 6.07) is 6.95. The fraction of sp³-hybridized carbons (Fsp3) is 0.0833. The Hall–Kier alpha value is -1.81. The minimum Gasteiger partial charge on any atom is -0.508 e. The molecule has 0 bridgehead atoms. The SMILES string of the molecule is Cc1csc(-c2cc3cc(O)ccc3o2)n1. The molecule has 0 saturated heterocycles. The first kappa shape index (κ1) is 9.42. The highest BCUT2D eigenvalue weighted by molar-refractivity contribution is 7.13. The van der Waals surface area contributed by atoms with E-state index in [0.717, 1.165) is 27.4 Å². The molecule has 3 aromatic rings. The molecule has 0 aliphatic heterocycles. The van der Waals surface area contributed by atoms with Crippen LogP contribution in [0, 0.1) is 6.92 Å². The summed E-state index contributed by atoms with van der Waals surface area (Å²) in [6.45, 7) is 1.95. The quantitative estimate of drug-likeness (QED) is 0.696. The van der Waals surface area contributed by atoms with E-state index in [2.05, 4.69) is 4.98 Å². The summed E-state index contributed by atoms with van der Waals surface area (Å²) in [7, 11) is 0. The second-order valence-corrected chi connectivity index (χ2v) is 4.48. The van der Waals surface area contributed by atoms with Crippen LogP contribution in [0.2, 0.25) is 0 Å². The van der Waals surface area contributed by atoms with E-state index in [-0.39, 0.29) is 5.75 Å². The first-order valence-corrected chi connectivity index (χ1v) is 5.75. The Morgan fingerprint density at radius 3 is 2.94 bits per heavy atom. The molecule has 3 nitrogen and oxygen atoms in total. The van der Waals surface area contributed by atoms with Crippen LogP contribution in [0.15, 0.2) is 34.1 Å². The molecule has 0 amide bonds. The highest BCUT2D eigenvalue weighted by Gasteiger charge is 2.09. The Morgan fingerprint density at radius 2 is 2.19 bits per heavy atom. The average molecular weight is 231 g/mol. The molecule has 80 valence electrons. The van der Waals surface area contributed by atoms with Crippen LogP contribution in [-0.2, 0) is 0 Å². The number of phenols is 1. The lowest BCUT2D eigenvalue weighted by Crippen LogP contribution is -1.71. The molecule has 1 N–H and O–H groups in total. The number of phenolic OH excluding ortho intramolecular Hbond substituents is 1. The number of hydrogen-bond donors (Lipinski definition) is 1. The lowest BCUT2D eigenvalue weighted by atomic mass is 10.2. The van der Waals surface area contributed by atoms with E-state index in [1.165, 1.54) is 0 Å². The summed E-state index contributed by atoms with van der Waals surface area (Å²) in [5.74, 6) is 0.994. The van der Waals surface area contributed by atoms with Crippen LogP contribution in [0.5, 0.6) is 5.75 Å². The summed E-state index contributed by atoms with van der Waals surface area (Å²) in [4.78, 5) is 4.36. The monoisotopic (exact) mass is 231 g/mol. The van der Waals surface area contributed by atoms with Crippen molar-refractivity contribution in [1.29, 1.82) is 0 Å². The minimum absolute atomic E-state index is 0.246. The third kappa shape index (κ3) is 1.47. The van der Waals surface area contributed by atoms with E-state index in [1.807, 2.05) is 18.4 Å². The zero-order chi connectivity index (χ0) is 11.1. The number of aromatic nitrogens is 1. The Bertz CT molecular complexity index is 654. The Labute approximate surface area is 96.0 Å². The molecule has 3 rings (SSSR count). The number of thiazole rings is 1. The predicted molar refractivity (Wildman–Crippen MR) is 63.7 cm³/mol. The molecule has 16 heavy (non-hydrogen) atoms. The molecule has 0 unspecified atom stereocenters. The Kier molecular flexibility index (Phi) is 1.97. The van der Waals surface area contributed by atoms with Crippen molar-refractivity contribution in [2.24, 2.45) is 0 Å². The van der Waals surface area contributed by atoms with Gasteiger partial charge in [-0.1, -0.05) is 0 Å². The maximum Gasteiger partial charge on any atom is 0.164 e. The van der Waals surface area contributed by atoms with Gasteiger partial charge in [0.15, 0.2) is 10.8 Å². The lowest BCUT2D eigenvalue weighted by molar-refractivity contribution is 0.476. The van der Waals surface area contributed by atoms with Gasteiger partial charge in [0, 0.05) is 16.5 Å². The molecular formula is C12H9NO2S. The summed E-state index contributed by atoms with van der Waals surface area (Å²) in [5.41, 5.74) is 1.75. The van der Waals surface area contributed by atoms with Gasteiger partial charge in [-0.25, -0.2) is 4.98 Å². The zero-order valence-corrected chi connectivity index (χ0v) is 9.41. The lowest BCUT2D eigenvalue weighted by Gasteiger charge is -1.88. The number of furan rings is 1. The van der Waals surface area contributed by atoms with Crippen LogP contribution >= 0.6 is 11.3 Å². The third-order valence-corrected chi connectivity index (χ3v) is 3.30. The molecule has 0 aliphatic carbocycles. The number of nitrogens with zero attached hydrogens (tertiary/aromatic N) is 1. The standard InChI is InChI=1S/C12H9NO2S/c1-7-6-16-12(13-7)11-5-8-4-9(14)2-3-10(8)15-11/h2-6,14H,1H3. The van der Waals surface area contributed by atoms with E-state index >= 15 is 0 Å². The number of benzene rings is 1. The Balaban J connectivity index is 2.18. The maximum absolute atomic E-state index is 9.36. The fourth-order valence-corrected chi connectivity index (χ4v) is 2.35. The van der Waals surface area contributed by atoms with Gasteiger partial charge in [0.2, 0.25) is 0 Å². The highest BCUT2D eigenvalue weighted by atomic mass is 32.1. The van der Waals surface area contributed by atoms with Crippen molar-refractivity contribution in [1.82, 2.24) is 4.98 Å². The first-order valence-electron chi connectivity index (χ1n) is 4.87. The number of rotatable bonds is 1. The van der Waals surface area contributed by atoms with Gasteiger partial charge in [0.1, 0.15) is 11.3 Å². The molecule has 0 atom stereocenters. The van der Waals surface area contributed by atoms with Crippen LogP contribution in [0.1, 0.15) is 5.69 Å². The second-order valence-electron chi connectivity index (χ2n) is 3.63. The van der Waals surface area contributed by atoms with Gasteiger partial charge in [-0.05, 0) is 31.2 Å². The van der Waals surface area contributed by atoms with E-state index in [4.69, 9.17) is 4.42 Å². The van der Waals surface area contributed by atoms with Crippen LogP contribution in [0.4, 0.5) is 0 Å². The van der Waals surface area contributed by atoms with E-state index < -0.39 is 0 Å². The Morgan fingerprint density at radius 1 is 1.31 bits per heavy atom. The minimum atomic E-state index is 0.246. The predicted octanol–water partition coefficient (Wildman–Crippen LogP) is 3.57. The molecule has 0 fully saturated rings. The van der Waals surface area contributed by atoms with Gasteiger partial charge >= 0.3 is 0 Å². The molecule has 0 spiro atoms. The third-order valence-electron chi connectivity index (χ3n) is 2.33. The normalized spacial score (nSPS) is 11.1. The van der Waals surface area contributed by atoms with Crippen LogP contribution < -0.4 is 0 Å². The van der Waals surface area contributed by atoms with Crippen LogP contribution in [0.3, 0.4) is 0 Å². The molecule has 4 heteroatoms. The van der Waals surface area contributed by atoms with Gasteiger partial charge < -0.3 is 9.52 Å². The first-order chi connectivity index (χ1) is 7.72. The smallest absolute Gasteiger partial charge is 0.164 e. The van der Waals surface area contributed by atoms with Crippen molar-refractivity contribution in [2.75, 3.05) is 0 Å². The van der Waals surface area contributed by atoms with E-state index in [1.54, 1.807) is 29.5 Å². The fourth-order valence-electron chi connectivity index (χ4n) is 1.60. The number of aromatic hydroxyl groups is 1. The highest BCUT2D eigenvalue weighted by Crippen LogP contribution is 2.31. The molecule has 0 aliphatic rings. The molecule has 0 radical (unpaired) electrons. The summed E-state index contributed by atoms with van der Waals surface area (Å²) < 4.78 is 5.66. The van der Waals surface area contributed by atoms with Crippen molar-refractivity contribution in [3.63, 3.8) is 0 Å². The number of fused-ring (bicyclic) bond motifs is 1. The van der Waals surface area contributed by atoms with Gasteiger partial charge in [-0.3, -0.25) is 0 Å². The van der Waals surface area contributed by atoms with E-state index in [9.17, 15) is 5.11 Å². The van der Waals surface area contributed by atoms with E-state index in [0.29, 0.717) is 0 Å². The summed E-state index contributed by atoms with van der Waals surface area (Å²) >= 11 is 1.55. The van der Waals surface area contributed by atoms with Crippen molar-refractivity contribution in [3.8, 4) is 16.5 Å². The van der Waals surface area contributed by atoms with Crippen molar-refractivity contribution in [3.05, 3.63) is 35.3 Å². The molecule has 1 aromatic carbocycles. The van der Waals surface area contributed by atoms with Gasteiger partial charge in [0.05, 0.1) is 0 Å². The van der Waals surface area contributed by atoms with Crippen molar-refractivity contribution < 1.29 is 9.52 Å². The van der Waals surface area contributed by atoms with Crippen LogP contribution in [-0.4, -0.2) is 10.1 Å². The van der Waals surface area contributed by atoms with Crippen LogP contribution in [0.25, 0.3) is 21.7 Å². The van der Waals surface area contributed by atoms with Gasteiger partial charge in [-0.15, -0.1) is 11.3 Å². The largest absolute Gasteiger partial charge is 0.508 e. The molecule has 0 saturated carbocycles. The number of aryl methyl sites for hydroxylation is 1. The van der Waals surface area contributed by atoms with Crippen molar-refractivity contribution in [2.45, 2.75) is 6.92 Å². The summed E-state index contributed by atoms with van der Waals surface area (Å²) in [5, 5.41) is 13.1. The summed E-state index contributed by atoms with van der Waals surface area (Å²) in [6.07, 6.45) is 0. The maximum atomic E-state index is 9.36. The van der Waals surface area contributed by atoms with Crippen molar-refractivity contribution >= 4 is 22.3 Å². The van der Waals surface area contributed by atoms with Gasteiger partial charge in [-0.2, -0.15) is 0 Å². The molecular weight excluding hydrogens is 222 g/mol. The van der Waals surface area contributed by atoms with Gasteiger partial charge in [0.25, 0.3) is 0 Å².